The van der Waals surface area contributed by atoms with E-state index < -0.39 is 0 Å². The van der Waals surface area contributed by atoms with Crippen LogP contribution in [0.2, 0.25) is 0 Å². The molecule has 0 aromatic carbocycles. The van der Waals surface area contributed by atoms with Gasteiger partial charge in [-0.05, 0) is 25.5 Å². The highest BCUT2D eigenvalue weighted by Crippen LogP contribution is 1.91. The Hall–Kier alpha value is -0.590. The summed E-state index contributed by atoms with van der Waals surface area (Å²) in [5.74, 6) is 0. The molecule has 1 nitrogen and oxygen atoms in total. The molecule has 0 aromatic rings. The lowest BCUT2D eigenvalue weighted by molar-refractivity contribution is 0.904. The molecule has 0 N–H and O–H groups in total. The fourth-order valence-corrected chi connectivity index (χ4v) is 0.483. The summed E-state index contributed by atoms with van der Waals surface area (Å²) in [6, 6.07) is 0. The van der Waals surface area contributed by atoms with Crippen molar-refractivity contribution < 1.29 is 0 Å². The van der Waals surface area contributed by atoms with Crippen molar-refractivity contribution >= 4 is 6.21 Å². The van der Waals surface area contributed by atoms with Crippen LogP contribution < -0.4 is 0 Å². The molecular formula is C7H13N. The van der Waals surface area contributed by atoms with Crippen LogP contribution in [-0.2, 0) is 0 Å². The van der Waals surface area contributed by atoms with Crippen LogP contribution in [0.15, 0.2) is 17.6 Å². The van der Waals surface area contributed by atoms with Gasteiger partial charge in [0.1, 0.15) is 0 Å². The minimum Gasteiger partial charge on any atom is -0.301 e. The molecule has 0 radical (unpaired) electrons. The number of hydrogen-bond donors (Lipinski definition) is 0. The standard InChI is InChI=1S/C7H13N/c1-3-4-5-6-7-8-2/h3,7H,1,4-6H2,2H3/b8-7+. The molecule has 0 spiro atoms. The van der Waals surface area contributed by atoms with Gasteiger partial charge in [-0.3, -0.25) is 0 Å². The molecule has 0 amide bonds. The van der Waals surface area contributed by atoms with Gasteiger partial charge in [0.25, 0.3) is 0 Å². The minimum absolute atomic E-state index is 1.09. The Labute approximate surface area is 51.1 Å². The van der Waals surface area contributed by atoms with Crippen molar-refractivity contribution in [1.29, 1.82) is 0 Å². The lowest BCUT2D eigenvalue weighted by atomic mass is 10.2. The predicted molar refractivity (Wildman–Crippen MR) is 38.5 cm³/mol. The first-order valence-electron chi connectivity index (χ1n) is 2.93. The largest absolute Gasteiger partial charge is 0.301 e. The van der Waals surface area contributed by atoms with E-state index in [2.05, 4.69) is 11.6 Å². The predicted octanol–water partition coefficient (Wildman–Crippen LogP) is 2.04. The third-order valence-electron chi connectivity index (χ3n) is 0.924. The van der Waals surface area contributed by atoms with Crippen molar-refractivity contribution in [3.63, 3.8) is 0 Å². The number of hydrogen-bond acceptors (Lipinski definition) is 1. The third-order valence-corrected chi connectivity index (χ3v) is 0.924. The maximum absolute atomic E-state index is 3.85. The summed E-state index contributed by atoms with van der Waals surface area (Å²) in [7, 11) is 1.80. The van der Waals surface area contributed by atoms with E-state index in [1.165, 1.54) is 6.42 Å². The number of aliphatic imine (C=N–C) groups is 1. The van der Waals surface area contributed by atoms with E-state index >= 15 is 0 Å². The third kappa shape index (κ3) is 5.41. The first-order chi connectivity index (χ1) is 3.91. The molecule has 0 rings (SSSR count). The van der Waals surface area contributed by atoms with Gasteiger partial charge in [0.2, 0.25) is 0 Å². The number of nitrogens with zero attached hydrogens (tertiary/aromatic N) is 1. The molecule has 46 valence electrons. The molecule has 0 aromatic heterocycles. The topological polar surface area (TPSA) is 12.4 Å². The fraction of sp³-hybridized carbons (Fsp3) is 0.571. The maximum Gasteiger partial charge on any atom is 0.0273 e. The van der Waals surface area contributed by atoms with Crippen LogP contribution in [0.3, 0.4) is 0 Å². The molecule has 0 saturated carbocycles. The lowest BCUT2D eigenvalue weighted by Gasteiger charge is -1.85. The van der Waals surface area contributed by atoms with Gasteiger partial charge in [-0.2, -0.15) is 0 Å². The summed E-state index contributed by atoms with van der Waals surface area (Å²) in [6.45, 7) is 3.61. The Morgan fingerprint density at radius 1 is 1.50 bits per heavy atom. The van der Waals surface area contributed by atoms with Crippen molar-refractivity contribution in [2.24, 2.45) is 4.99 Å². The van der Waals surface area contributed by atoms with Crippen molar-refractivity contribution in [3.8, 4) is 0 Å². The van der Waals surface area contributed by atoms with Gasteiger partial charge in [-0.1, -0.05) is 6.08 Å². The van der Waals surface area contributed by atoms with E-state index in [-0.39, 0.29) is 0 Å². The summed E-state index contributed by atoms with van der Waals surface area (Å²) in [5, 5.41) is 0. The molecule has 1 heteroatoms. The van der Waals surface area contributed by atoms with Gasteiger partial charge < -0.3 is 4.99 Å². The average Bonchev–Trinajstić information content (AvgIpc) is 1.81. The average molecular weight is 111 g/mol. The second-order valence-electron chi connectivity index (χ2n) is 1.66. The van der Waals surface area contributed by atoms with Crippen molar-refractivity contribution in [2.75, 3.05) is 7.05 Å². The van der Waals surface area contributed by atoms with Gasteiger partial charge in [-0.25, -0.2) is 0 Å². The van der Waals surface area contributed by atoms with Gasteiger partial charge in [0, 0.05) is 7.05 Å². The normalized spacial score (nSPS) is 10.1. The Bertz CT molecular complexity index is 74.5. The van der Waals surface area contributed by atoms with Crippen molar-refractivity contribution in [2.45, 2.75) is 19.3 Å². The van der Waals surface area contributed by atoms with Crippen LogP contribution >= 0.6 is 0 Å². The highest BCUT2D eigenvalue weighted by atomic mass is 14.6. The smallest absolute Gasteiger partial charge is 0.0273 e. The Morgan fingerprint density at radius 3 is 2.75 bits per heavy atom. The van der Waals surface area contributed by atoms with E-state index in [9.17, 15) is 0 Å². The summed E-state index contributed by atoms with van der Waals surface area (Å²) in [4.78, 5) is 3.85. The Balaban J connectivity index is 2.82. The maximum atomic E-state index is 3.85. The van der Waals surface area contributed by atoms with Gasteiger partial charge in [0.05, 0.1) is 0 Å². The first-order valence-corrected chi connectivity index (χ1v) is 2.93. The van der Waals surface area contributed by atoms with Crippen molar-refractivity contribution in [1.82, 2.24) is 0 Å². The van der Waals surface area contributed by atoms with E-state index in [4.69, 9.17) is 0 Å². The van der Waals surface area contributed by atoms with E-state index in [0.29, 0.717) is 0 Å². The van der Waals surface area contributed by atoms with Gasteiger partial charge in [-0.15, -0.1) is 6.58 Å². The Kier molecular flexibility index (Phi) is 5.94. The van der Waals surface area contributed by atoms with E-state index in [1.807, 2.05) is 12.3 Å². The van der Waals surface area contributed by atoms with Crippen LogP contribution in [0, 0.1) is 0 Å². The monoisotopic (exact) mass is 111 g/mol. The Morgan fingerprint density at radius 2 is 2.25 bits per heavy atom. The second kappa shape index (κ2) is 6.41. The summed E-state index contributed by atoms with van der Waals surface area (Å²) in [5.41, 5.74) is 0. The molecule has 8 heavy (non-hydrogen) atoms. The summed E-state index contributed by atoms with van der Waals surface area (Å²) < 4.78 is 0. The SMILES string of the molecule is C=CCCC/C=N/C. The quantitative estimate of drug-likeness (QED) is 0.299. The molecule has 0 unspecified atom stereocenters. The number of unbranched alkanes of at least 4 members (excludes halogenated alkanes) is 2. The van der Waals surface area contributed by atoms with Crippen LogP contribution in [0.1, 0.15) is 19.3 Å². The number of allylic oxidation sites excluding steroid dienone is 1. The van der Waals surface area contributed by atoms with Gasteiger partial charge >= 0.3 is 0 Å². The highest BCUT2D eigenvalue weighted by molar-refractivity contribution is 5.56. The van der Waals surface area contributed by atoms with Crippen molar-refractivity contribution in [3.05, 3.63) is 12.7 Å². The molecule has 0 aliphatic heterocycles. The second-order valence-corrected chi connectivity index (χ2v) is 1.66. The molecule has 0 aliphatic carbocycles. The molecule has 0 aliphatic rings. The molecule has 0 heterocycles. The fourth-order valence-electron chi connectivity index (χ4n) is 0.483. The van der Waals surface area contributed by atoms with Gasteiger partial charge in [0.15, 0.2) is 0 Å². The zero-order valence-corrected chi connectivity index (χ0v) is 5.43. The van der Waals surface area contributed by atoms with E-state index in [0.717, 1.165) is 12.8 Å². The van der Waals surface area contributed by atoms with Crippen LogP contribution in [0.4, 0.5) is 0 Å². The van der Waals surface area contributed by atoms with Crippen LogP contribution in [0.25, 0.3) is 0 Å². The lowest BCUT2D eigenvalue weighted by Crippen LogP contribution is -1.73. The molecular weight excluding hydrogens is 98.1 g/mol. The van der Waals surface area contributed by atoms with Crippen LogP contribution in [0.5, 0.6) is 0 Å². The highest BCUT2D eigenvalue weighted by Gasteiger charge is 1.76. The summed E-state index contributed by atoms with van der Waals surface area (Å²) >= 11 is 0. The minimum atomic E-state index is 1.09. The summed E-state index contributed by atoms with van der Waals surface area (Å²) in [6.07, 6.45) is 7.24. The zero-order chi connectivity index (χ0) is 6.24. The zero-order valence-electron chi connectivity index (χ0n) is 5.43. The molecule has 0 atom stereocenters. The van der Waals surface area contributed by atoms with E-state index in [1.54, 1.807) is 7.05 Å². The molecule has 0 saturated heterocycles. The molecule has 0 fully saturated rings. The van der Waals surface area contributed by atoms with Crippen LogP contribution in [-0.4, -0.2) is 13.3 Å². The number of rotatable bonds is 4. The first kappa shape index (κ1) is 7.41. The molecule has 0 bridgehead atoms.